The molecule has 0 aliphatic rings. The molecule has 0 unspecified atom stereocenters. The number of rotatable bonds is 3. The van der Waals surface area contributed by atoms with Crippen molar-refractivity contribution in [1.29, 1.82) is 0 Å². The second-order valence-corrected chi connectivity index (χ2v) is 4.44. The fourth-order valence-electron chi connectivity index (χ4n) is 0.879. The topological polar surface area (TPSA) is 42.0 Å². The molecule has 0 aromatic carbocycles. The highest BCUT2D eigenvalue weighted by molar-refractivity contribution is 7.11. The van der Waals surface area contributed by atoms with E-state index in [1.54, 1.807) is 6.92 Å². The van der Waals surface area contributed by atoms with Crippen LogP contribution in [0.15, 0.2) is 6.20 Å². The third kappa shape index (κ3) is 3.11. The van der Waals surface area contributed by atoms with E-state index in [1.165, 1.54) is 11.5 Å². The summed E-state index contributed by atoms with van der Waals surface area (Å²) in [6, 6.07) is 0. The zero-order valence-corrected chi connectivity index (χ0v) is 9.25. The number of carbonyl (C=O) groups is 1. The van der Waals surface area contributed by atoms with E-state index in [0.717, 1.165) is 16.2 Å². The summed E-state index contributed by atoms with van der Waals surface area (Å²) in [6.07, 6.45) is -4.47. The van der Waals surface area contributed by atoms with E-state index in [-0.39, 0.29) is 5.01 Å². The van der Waals surface area contributed by atoms with Gasteiger partial charge >= 0.3 is 18.0 Å². The van der Waals surface area contributed by atoms with Crippen LogP contribution in [0.2, 0.25) is 0 Å². The molecule has 1 amide bonds. The van der Waals surface area contributed by atoms with E-state index in [2.05, 4.69) is 4.98 Å². The summed E-state index contributed by atoms with van der Waals surface area (Å²) in [5.41, 5.74) is 0. The van der Waals surface area contributed by atoms with Crippen molar-refractivity contribution < 1.29 is 26.7 Å². The van der Waals surface area contributed by atoms with Crippen molar-refractivity contribution in [2.24, 2.45) is 0 Å². The Bertz CT molecular complexity index is 414. The SMILES string of the molecule is Cc1cnc(CNC(=O)C(F)(F)C(F)(F)F)s1. The molecule has 0 spiro atoms. The number of thiazole rings is 1. The van der Waals surface area contributed by atoms with Gasteiger partial charge < -0.3 is 5.32 Å². The van der Waals surface area contributed by atoms with Crippen LogP contribution < -0.4 is 5.32 Å². The molecule has 1 heterocycles. The highest BCUT2D eigenvalue weighted by Gasteiger charge is 2.63. The van der Waals surface area contributed by atoms with E-state index in [9.17, 15) is 26.7 Å². The third-order valence-electron chi connectivity index (χ3n) is 1.71. The quantitative estimate of drug-likeness (QED) is 0.859. The van der Waals surface area contributed by atoms with Crippen molar-refractivity contribution in [3.8, 4) is 0 Å². The molecule has 96 valence electrons. The summed E-state index contributed by atoms with van der Waals surface area (Å²) in [4.78, 5) is 15.2. The molecule has 0 radical (unpaired) electrons. The summed E-state index contributed by atoms with van der Waals surface area (Å²) in [7, 11) is 0. The second kappa shape index (κ2) is 4.55. The number of aryl methyl sites for hydroxylation is 1. The Labute approximate surface area is 96.7 Å². The largest absolute Gasteiger partial charge is 0.463 e. The molecule has 3 nitrogen and oxygen atoms in total. The Morgan fingerprint density at radius 1 is 1.41 bits per heavy atom. The number of hydrogen-bond acceptors (Lipinski definition) is 3. The lowest BCUT2D eigenvalue weighted by atomic mass is 10.3. The molecule has 0 saturated heterocycles. The van der Waals surface area contributed by atoms with Crippen molar-refractivity contribution in [3.05, 3.63) is 16.1 Å². The van der Waals surface area contributed by atoms with Gasteiger partial charge in [-0.1, -0.05) is 0 Å². The average Bonchev–Trinajstić information content (AvgIpc) is 2.58. The number of carbonyl (C=O) groups excluding carboxylic acids is 1. The first-order valence-corrected chi connectivity index (χ1v) is 5.10. The van der Waals surface area contributed by atoms with Crippen LogP contribution in [0.3, 0.4) is 0 Å². The summed E-state index contributed by atoms with van der Waals surface area (Å²) in [5, 5.41) is 1.76. The van der Waals surface area contributed by atoms with Crippen LogP contribution in [0.4, 0.5) is 22.0 Å². The Morgan fingerprint density at radius 3 is 2.41 bits per heavy atom. The van der Waals surface area contributed by atoms with E-state index < -0.39 is 24.6 Å². The molecule has 0 bridgehead atoms. The minimum atomic E-state index is -5.89. The van der Waals surface area contributed by atoms with Crippen LogP contribution in [0, 0.1) is 6.92 Å². The standard InChI is InChI=1S/C8H7F5N2OS/c1-4-2-14-5(17-4)3-15-6(16)7(9,10)8(11,12)13/h2H,3H2,1H3,(H,15,16). The summed E-state index contributed by atoms with van der Waals surface area (Å²) in [6.45, 7) is 1.23. The fraction of sp³-hybridized carbons (Fsp3) is 0.500. The molecular weight excluding hydrogens is 267 g/mol. The van der Waals surface area contributed by atoms with Gasteiger partial charge in [0, 0.05) is 11.1 Å². The molecule has 1 aromatic rings. The predicted octanol–water partition coefficient (Wildman–Crippen LogP) is 2.27. The molecule has 0 aliphatic heterocycles. The maximum atomic E-state index is 12.5. The van der Waals surface area contributed by atoms with Crippen LogP contribution in [-0.4, -0.2) is 23.0 Å². The number of nitrogens with zero attached hydrogens (tertiary/aromatic N) is 1. The molecule has 1 N–H and O–H groups in total. The third-order valence-corrected chi connectivity index (χ3v) is 2.62. The van der Waals surface area contributed by atoms with Gasteiger partial charge in [-0.05, 0) is 6.92 Å². The van der Waals surface area contributed by atoms with Gasteiger partial charge in [-0.3, -0.25) is 4.79 Å². The van der Waals surface area contributed by atoms with Crippen LogP contribution in [-0.2, 0) is 11.3 Å². The van der Waals surface area contributed by atoms with Crippen LogP contribution in [0.1, 0.15) is 9.88 Å². The zero-order chi connectivity index (χ0) is 13.3. The van der Waals surface area contributed by atoms with Crippen molar-refractivity contribution in [2.45, 2.75) is 25.6 Å². The minimum Gasteiger partial charge on any atom is -0.344 e. The number of nitrogens with one attached hydrogen (secondary N) is 1. The molecule has 0 aliphatic carbocycles. The maximum Gasteiger partial charge on any atom is 0.463 e. The first-order chi connectivity index (χ1) is 7.64. The smallest absolute Gasteiger partial charge is 0.344 e. The molecular formula is C8H7F5N2OS. The molecule has 0 atom stereocenters. The van der Waals surface area contributed by atoms with Gasteiger partial charge in [0.2, 0.25) is 0 Å². The summed E-state index contributed by atoms with van der Waals surface area (Å²) in [5.74, 6) is -7.77. The van der Waals surface area contributed by atoms with Gasteiger partial charge in [0.1, 0.15) is 5.01 Å². The van der Waals surface area contributed by atoms with E-state index >= 15 is 0 Å². The number of halogens is 5. The van der Waals surface area contributed by atoms with E-state index in [1.807, 2.05) is 0 Å². The van der Waals surface area contributed by atoms with Crippen LogP contribution in [0.25, 0.3) is 0 Å². The zero-order valence-electron chi connectivity index (χ0n) is 8.44. The Kier molecular flexibility index (Phi) is 3.70. The molecule has 1 aromatic heterocycles. The van der Waals surface area contributed by atoms with Gasteiger partial charge in [-0.15, -0.1) is 11.3 Å². The first kappa shape index (κ1) is 13.8. The lowest BCUT2D eigenvalue weighted by Gasteiger charge is -2.18. The van der Waals surface area contributed by atoms with Crippen molar-refractivity contribution in [3.63, 3.8) is 0 Å². The Balaban J connectivity index is 2.61. The number of hydrogen-bond donors (Lipinski definition) is 1. The summed E-state index contributed by atoms with van der Waals surface area (Å²) < 4.78 is 60.3. The predicted molar refractivity (Wildman–Crippen MR) is 49.7 cm³/mol. The number of amides is 1. The Hall–Kier alpha value is -1.25. The molecule has 9 heteroatoms. The van der Waals surface area contributed by atoms with Gasteiger partial charge in [0.25, 0.3) is 0 Å². The van der Waals surface area contributed by atoms with E-state index in [0.29, 0.717) is 0 Å². The van der Waals surface area contributed by atoms with Crippen molar-refractivity contribution >= 4 is 17.2 Å². The van der Waals surface area contributed by atoms with Crippen molar-refractivity contribution in [1.82, 2.24) is 10.3 Å². The van der Waals surface area contributed by atoms with Gasteiger partial charge in [-0.2, -0.15) is 22.0 Å². The highest BCUT2D eigenvalue weighted by atomic mass is 32.1. The Morgan fingerprint density at radius 2 is 2.00 bits per heavy atom. The lowest BCUT2D eigenvalue weighted by Crippen LogP contribution is -2.50. The number of aromatic nitrogens is 1. The van der Waals surface area contributed by atoms with Crippen molar-refractivity contribution in [2.75, 3.05) is 0 Å². The molecule has 1 rings (SSSR count). The highest BCUT2D eigenvalue weighted by Crippen LogP contribution is 2.35. The van der Waals surface area contributed by atoms with Gasteiger partial charge in [0.05, 0.1) is 6.54 Å². The minimum absolute atomic E-state index is 0.258. The molecule has 0 fully saturated rings. The van der Waals surface area contributed by atoms with Gasteiger partial charge in [-0.25, -0.2) is 4.98 Å². The monoisotopic (exact) mass is 274 g/mol. The maximum absolute atomic E-state index is 12.5. The average molecular weight is 274 g/mol. The summed E-state index contributed by atoms with van der Waals surface area (Å²) >= 11 is 1.10. The second-order valence-electron chi connectivity index (χ2n) is 3.12. The van der Waals surface area contributed by atoms with Crippen LogP contribution >= 0.6 is 11.3 Å². The van der Waals surface area contributed by atoms with Gasteiger partial charge in [0.15, 0.2) is 0 Å². The first-order valence-electron chi connectivity index (χ1n) is 4.28. The molecule has 0 saturated carbocycles. The molecule has 17 heavy (non-hydrogen) atoms. The van der Waals surface area contributed by atoms with E-state index in [4.69, 9.17) is 0 Å². The van der Waals surface area contributed by atoms with Crippen LogP contribution in [0.5, 0.6) is 0 Å². The fourth-order valence-corrected chi connectivity index (χ4v) is 1.61. The number of alkyl halides is 5. The normalized spacial score (nSPS) is 12.6. The lowest BCUT2D eigenvalue weighted by molar-refractivity contribution is -0.269.